The molecule has 96 valence electrons. The quantitative estimate of drug-likeness (QED) is 0.563. The van der Waals surface area contributed by atoms with Crippen molar-refractivity contribution in [2.24, 2.45) is 5.73 Å². The number of hydrogen-bond donors (Lipinski definition) is 1. The van der Waals surface area contributed by atoms with Crippen molar-refractivity contribution >= 4 is 5.97 Å². The predicted octanol–water partition coefficient (Wildman–Crippen LogP) is 1.24. The van der Waals surface area contributed by atoms with Gasteiger partial charge in [0.15, 0.2) is 0 Å². The lowest BCUT2D eigenvalue weighted by molar-refractivity contribution is -0.150. The summed E-state index contributed by atoms with van der Waals surface area (Å²) < 4.78 is 44.3. The maximum absolute atomic E-state index is 11.7. The second kappa shape index (κ2) is 6.05. The molecule has 0 saturated heterocycles. The first-order valence-corrected chi connectivity index (χ1v) is 4.71. The molecule has 0 heterocycles. The van der Waals surface area contributed by atoms with Crippen molar-refractivity contribution in [3.05, 3.63) is 0 Å². The Bertz CT molecular complexity index is 229. The molecule has 0 rings (SSSR count). The van der Waals surface area contributed by atoms with Crippen LogP contribution in [0.25, 0.3) is 0 Å². The van der Waals surface area contributed by atoms with Crippen molar-refractivity contribution in [1.29, 1.82) is 0 Å². The lowest BCUT2D eigenvalue weighted by Gasteiger charge is -2.21. The van der Waals surface area contributed by atoms with E-state index in [9.17, 15) is 18.0 Å². The summed E-state index contributed by atoms with van der Waals surface area (Å²) in [5, 5.41) is 0. The van der Waals surface area contributed by atoms with Crippen molar-refractivity contribution in [1.82, 2.24) is 0 Å². The minimum absolute atomic E-state index is 0.0157. The van der Waals surface area contributed by atoms with Gasteiger partial charge in [-0.15, -0.1) is 0 Å². The molecule has 0 amide bonds. The van der Waals surface area contributed by atoms with Crippen molar-refractivity contribution in [3.8, 4) is 0 Å². The monoisotopic (exact) mass is 243 g/mol. The molecule has 0 aromatic heterocycles. The molecule has 0 radical (unpaired) electrons. The molecule has 4 nitrogen and oxygen atoms in total. The Labute approximate surface area is 91.9 Å². The van der Waals surface area contributed by atoms with Crippen molar-refractivity contribution in [2.45, 2.75) is 31.5 Å². The van der Waals surface area contributed by atoms with Crippen molar-refractivity contribution < 1.29 is 27.4 Å². The summed E-state index contributed by atoms with van der Waals surface area (Å²) in [6.07, 6.45) is -5.13. The Hall–Kier alpha value is -0.820. The number of alkyl halides is 3. The molecule has 0 fully saturated rings. The van der Waals surface area contributed by atoms with Crippen LogP contribution in [0.4, 0.5) is 13.2 Å². The van der Waals surface area contributed by atoms with Crippen molar-refractivity contribution in [2.75, 3.05) is 20.3 Å². The highest BCUT2D eigenvalue weighted by atomic mass is 19.4. The third-order valence-electron chi connectivity index (χ3n) is 1.95. The van der Waals surface area contributed by atoms with Gasteiger partial charge in [-0.05, 0) is 13.3 Å². The fourth-order valence-electron chi connectivity index (χ4n) is 0.909. The van der Waals surface area contributed by atoms with Gasteiger partial charge >= 0.3 is 12.1 Å². The largest absolute Gasteiger partial charge is 0.468 e. The molecular formula is C9H16F3NO3. The Balaban J connectivity index is 3.70. The molecule has 0 aromatic rings. The zero-order valence-electron chi connectivity index (χ0n) is 9.26. The number of esters is 1. The van der Waals surface area contributed by atoms with Gasteiger partial charge in [0.05, 0.1) is 20.1 Å². The smallest absolute Gasteiger partial charge is 0.391 e. The van der Waals surface area contributed by atoms with Gasteiger partial charge in [-0.1, -0.05) is 0 Å². The molecule has 0 spiro atoms. The van der Waals surface area contributed by atoms with Crippen LogP contribution in [0.5, 0.6) is 0 Å². The van der Waals surface area contributed by atoms with E-state index in [4.69, 9.17) is 10.5 Å². The molecule has 0 saturated carbocycles. The van der Waals surface area contributed by atoms with Gasteiger partial charge in [0, 0.05) is 6.61 Å². The molecule has 7 heteroatoms. The Morgan fingerprint density at radius 3 is 2.19 bits per heavy atom. The summed E-state index contributed by atoms with van der Waals surface area (Å²) in [6.45, 7) is 0.991. The third-order valence-corrected chi connectivity index (χ3v) is 1.95. The topological polar surface area (TPSA) is 61.5 Å². The number of ether oxygens (including phenoxy) is 2. The zero-order valence-corrected chi connectivity index (χ0v) is 9.26. The number of rotatable bonds is 6. The molecule has 0 aliphatic rings. The Morgan fingerprint density at radius 2 is 1.75 bits per heavy atom. The van der Waals surface area contributed by atoms with Crippen LogP contribution < -0.4 is 5.73 Å². The van der Waals surface area contributed by atoms with Crippen LogP contribution in [0.2, 0.25) is 0 Å². The average Bonchev–Trinajstić information content (AvgIpc) is 2.14. The van der Waals surface area contributed by atoms with E-state index < -0.39 is 30.7 Å². The molecule has 0 aromatic carbocycles. The minimum Gasteiger partial charge on any atom is -0.468 e. The average molecular weight is 243 g/mol. The number of methoxy groups -OCH3 is 1. The van der Waals surface area contributed by atoms with E-state index in [0.717, 1.165) is 0 Å². The van der Waals surface area contributed by atoms with Crippen LogP contribution in [0.15, 0.2) is 0 Å². The first-order valence-electron chi connectivity index (χ1n) is 4.71. The molecule has 0 aliphatic carbocycles. The van der Waals surface area contributed by atoms with E-state index in [0.29, 0.717) is 0 Å². The van der Waals surface area contributed by atoms with Crippen LogP contribution >= 0.6 is 0 Å². The van der Waals surface area contributed by atoms with Crippen LogP contribution in [0.1, 0.15) is 19.8 Å². The van der Waals surface area contributed by atoms with E-state index in [1.54, 1.807) is 0 Å². The number of hydrogen-bond acceptors (Lipinski definition) is 4. The van der Waals surface area contributed by atoms with E-state index >= 15 is 0 Å². The van der Waals surface area contributed by atoms with E-state index in [2.05, 4.69) is 4.74 Å². The number of nitrogens with two attached hydrogens (primary N) is 1. The molecule has 0 aliphatic heterocycles. The number of carbonyl (C=O) groups is 1. The van der Waals surface area contributed by atoms with E-state index in [1.165, 1.54) is 14.0 Å². The normalized spacial score (nSPS) is 15.6. The summed E-state index contributed by atoms with van der Waals surface area (Å²) >= 11 is 0. The summed E-state index contributed by atoms with van der Waals surface area (Å²) in [7, 11) is 1.19. The molecule has 0 bridgehead atoms. The fourth-order valence-corrected chi connectivity index (χ4v) is 0.909. The maximum Gasteiger partial charge on any atom is 0.391 e. The van der Waals surface area contributed by atoms with Gasteiger partial charge in [-0.25, -0.2) is 0 Å². The third kappa shape index (κ3) is 6.62. The summed E-state index contributed by atoms with van der Waals surface area (Å²) in [5.74, 6) is -0.619. The zero-order chi connectivity index (χ0) is 12.8. The molecule has 2 N–H and O–H groups in total. The molecule has 16 heavy (non-hydrogen) atoms. The van der Waals surface area contributed by atoms with Gasteiger partial charge < -0.3 is 15.2 Å². The maximum atomic E-state index is 11.7. The molecule has 1 atom stereocenters. The highest BCUT2D eigenvalue weighted by molar-refractivity contribution is 5.79. The SMILES string of the molecule is COC(=O)C(C)(N)CCOCCC(F)(F)F. The summed E-state index contributed by atoms with van der Waals surface area (Å²) in [5.41, 5.74) is 4.33. The standard InChI is InChI=1S/C9H16F3NO3/c1-8(13,7(14)15-2)3-5-16-6-4-9(10,11)12/h3-6,13H2,1-2H3. The molecule has 1 unspecified atom stereocenters. The second-order valence-electron chi connectivity index (χ2n) is 3.64. The summed E-state index contributed by atoms with van der Waals surface area (Å²) in [4.78, 5) is 11.1. The fraction of sp³-hybridized carbons (Fsp3) is 0.889. The predicted molar refractivity (Wildman–Crippen MR) is 50.7 cm³/mol. The van der Waals surface area contributed by atoms with E-state index in [1.807, 2.05) is 0 Å². The molecular weight excluding hydrogens is 227 g/mol. The lowest BCUT2D eigenvalue weighted by atomic mass is 10.0. The van der Waals surface area contributed by atoms with Gasteiger partial charge in [0.2, 0.25) is 0 Å². The highest BCUT2D eigenvalue weighted by Gasteiger charge is 2.30. The van der Waals surface area contributed by atoms with Crippen LogP contribution in [0.3, 0.4) is 0 Å². The van der Waals surface area contributed by atoms with Gasteiger partial charge in [-0.3, -0.25) is 4.79 Å². The number of carbonyl (C=O) groups excluding carboxylic acids is 1. The van der Waals surface area contributed by atoms with Gasteiger partial charge in [-0.2, -0.15) is 13.2 Å². The lowest BCUT2D eigenvalue weighted by Crippen LogP contribution is -2.46. The Morgan fingerprint density at radius 1 is 1.25 bits per heavy atom. The first-order chi connectivity index (χ1) is 7.19. The summed E-state index contributed by atoms with van der Waals surface area (Å²) in [6, 6.07) is 0. The highest BCUT2D eigenvalue weighted by Crippen LogP contribution is 2.19. The second-order valence-corrected chi connectivity index (χ2v) is 3.64. The van der Waals surface area contributed by atoms with Gasteiger partial charge in [0.25, 0.3) is 0 Å². The van der Waals surface area contributed by atoms with Gasteiger partial charge in [0.1, 0.15) is 5.54 Å². The van der Waals surface area contributed by atoms with Crippen molar-refractivity contribution in [3.63, 3.8) is 0 Å². The van der Waals surface area contributed by atoms with Crippen LogP contribution in [-0.2, 0) is 14.3 Å². The Kier molecular flexibility index (Phi) is 5.74. The first kappa shape index (κ1) is 15.2. The number of halogens is 3. The minimum atomic E-state index is -4.23. The van der Waals surface area contributed by atoms with Crippen LogP contribution in [0, 0.1) is 0 Å². The van der Waals surface area contributed by atoms with E-state index in [-0.39, 0.29) is 13.0 Å². The van der Waals surface area contributed by atoms with Crippen LogP contribution in [-0.4, -0.2) is 38.0 Å².